The summed E-state index contributed by atoms with van der Waals surface area (Å²) in [6.45, 7) is 4.85. The molecule has 7 nitrogen and oxygen atoms in total. The van der Waals surface area contributed by atoms with Crippen molar-refractivity contribution in [3.8, 4) is 0 Å². The Balaban J connectivity index is 1.82. The third-order valence-electron chi connectivity index (χ3n) is 3.96. The number of rotatable bonds is 4. The second kappa shape index (κ2) is 7.72. The van der Waals surface area contributed by atoms with Crippen molar-refractivity contribution in [2.45, 2.75) is 20.3 Å². The Morgan fingerprint density at radius 1 is 0.917 bits per heavy atom. The number of anilines is 1. The molecule has 1 aromatic rings. The lowest BCUT2D eigenvalue weighted by Crippen LogP contribution is -2.50. The molecule has 3 amide bonds. The Labute approximate surface area is 140 Å². The molecule has 0 unspecified atom stereocenters. The molecule has 0 radical (unpaired) electrons. The van der Waals surface area contributed by atoms with Crippen LogP contribution in [0.1, 0.15) is 30.6 Å². The Hall–Kier alpha value is -2.70. The number of piperazine rings is 1. The van der Waals surface area contributed by atoms with E-state index in [-0.39, 0.29) is 24.0 Å². The number of amides is 3. The topological polar surface area (TPSA) is 86.8 Å². The monoisotopic (exact) mass is 331 g/mol. The van der Waals surface area contributed by atoms with Gasteiger partial charge in [-0.15, -0.1) is 0 Å². The molecule has 0 bridgehead atoms. The number of carbonyl (C=O) groups excluding carboxylic acids is 4. The van der Waals surface area contributed by atoms with Gasteiger partial charge < -0.3 is 15.1 Å². The van der Waals surface area contributed by atoms with Crippen LogP contribution in [0.3, 0.4) is 0 Å². The van der Waals surface area contributed by atoms with Crippen molar-refractivity contribution in [1.29, 1.82) is 0 Å². The van der Waals surface area contributed by atoms with Gasteiger partial charge in [0.2, 0.25) is 17.7 Å². The minimum absolute atomic E-state index is 0.00569. The predicted molar refractivity (Wildman–Crippen MR) is 88.5 cm³/mol. The smallest absolute Gasteiger partial charge is 0.233 e. The van der Waals surface area contributed by atoms with Gasteiger partial charge in [-0.2, -0.15) is 0 Å². The van der Waals surface area contributed by atoms with Crippen LogP contribution >= 0.6 is 0 Å². The third-order valence-corrected chi connectivity index (χ3v) is 3.96. The van der Waals surface area contributed by atoms with Crippen LogP contribution in [0.15, 0.2) is 24.3 Å². The molecule has 0 aliphatic carbocycles. The standard InChI is InChI=1S/C17H21N3O4/c1-12(21)14-3-5-15(6-4-14)18-16(23)11-17(24)20-9-7-19(8-10-20)13(2)22/h3-6H,7-11H2,1-2H3,(H,18,23). The average molecular weight is 331 g/mol. The van der Waals surface area contributed by atoms with Gasteiger partial charge in [-0.3, -0.25) is 19.2 Å². The Bertz CT molecular complexity index is 646. The Kier molecular flexibility index (Phi) is 5.68. The van der Waals surface area contributed by atoms with Gasteiger partial charge in [-0.1, -0.05) is 0 Å². The maximum atomic E-state index is 12.1. The van der Waals surface area contributed by atoms with Gasteiger partial charge in [0.25, 0.3) is 0 Å². The minimum atomic E-state index is -0.399. The van der Waals surface area contributed by atoms with E-state index in [0.29, 0.717) is 37.4 Å². The maximum absolute atomic E-state index is 12.1. The molecule has 1 aliphatic heterocycles. The summed E-state index contributed by atoms with van der Waals surface area (Å²) in [5.74, 6) is -0.706. The minimum Gasteiger partial charge on any atom is -0.339 e. The fourth-order valence-electron chi connectivity index (χ4n) is 2.51. The highest BCUT2D eigenvalue weighted by Gasteiger charge is 2.23. The molecular formula is C17H21N3O4. The van der Waals surface area contributed by atoms with Crippen LogP contribution in [0, 0.1) is 0 Å². The number of hydrogen-bond acceptors (Lipinski definition) is 4. The van der Waals surface area contributed by atoms with Crippen LogP contribution in [0.25, 0.3) is 0 Å². The first-order chi connectivity index (χ1) is 11.4. The van der Waals surface area contributed by atoms with Crippen molar-refractivity contribution in [3.63, 3.8) is 0 Å². The summed E-state index contributed by atoms with van der Waals surface area (Å²) in [6, 6.07) is 6.51. The summed E-state index contributed by atoms with van der Waals surface area (Å²) in [4.78, 5) is 49.8. The zero-order chi connectivity index (χ0) is 17.7. The molecule has 1 aromatic carbocycles. The summed E-state index contributed by atoms with van der Waals surface area (Å²) in [7, 11) is 0. The van der Waals surface area contributed by atoms with Gasteiger partial charge in [0, 0.05) is 44.4 Å². The van der Waals surface area contributed by atoms with Crippen molar-refractivity contribution in [3.05, 3.63) is 29.8 Å². The van der Waals surface area contributed by atoms with Crippen LogP contribution in [0.2, 0.25) is 0 Å². The van der Waals surface area contributed by atoms with E-state index in [2.05, 4.69) is 5.32 Å². The lowest BCUT2D eigenvalue weighted by Gasteiger charge is -2.34. The van der Waals surface area contributed by atoms with Gasteiger partial charge >= 0.3 is 0 Å². The molecule has 128 valence electrons. The number of carbonyl (C=O) groups is 4. The van der Waals surface area contributed by atoms with Crippen LogP contribution in [0.5, 0.6) is 0 Å². The van der Waals surface area contributed by atoms with Crippen molar-refractivity contribution < 1.29 is 19.2 Å². The van der Waals surface area contributed by atoms with Gasteiger partial charge in [0.15, 0.2) is 5.78 Å². The summed E-state index contributed by atoms with van der Waals surface area (Å²) >= 11 is 0. The summed E-state index contributed by atoms with van der Waals surface area (Å²) in [6.07, 6.45) is -0.242. The molecule has 1 heterocycles. The highest BCUT2D eigenvalue weighted by Crippen LogP contribution is 2.11. The van der Waals surface area contributed by atoms with Crippen LogP contribution in [-0.2, 0) is 14.4 Å². The first-order valence-corrected chi connectivity index (χ1v) is 7.81. The van der Waals surface area contributed by atoms with Crippen LogP contribution in [0.4, 0.5) is 5.69 Å². The zero-order valence-electron chi connectivity index (χ0n) is 13.9. The van der Waals surface area contributed by atoms with E-state index in [1.165, 1.54) is 13.8 Å². The molecule has 0 saturated carbocycles. The predicted octanol–water partition coefficient (Wildman–Crippen LogP) is 0.908. The van der Waals surface area contributed by atoms with E-state index < -0.39 is 5.91 Å². The first kappa shape index (κ1) is 17.7. The highest BCUT2D eigenvalue weighted by molar-refractivity contribution is 6.04. The number of hydrogen-bond donors (Lipinski definition) is 1. The molecular weight excluding hydrogens is 310 g/mol. The van der Waals surface area contributed by atoms with Gasteiger partial charge in [-0.05, 0) is 31.2 Å². The summed E-state index contributed by atoms with van der Waals surface area (Å²) < 4.78 is 0. The quantitative estimate of drug-likeness (QED) is 0.656. The molecule has 1 fully saturated rings. The fourth-order valence-corrected chi connectivity index (χ4v) is 2.51. The lowest BCUT2D eigenvalue weighted by molar-refractivity contribution is -0.140. The molecule has 7 heteroatoms. The fraction of sp³-hybridized carbons (Fsp3) is 0.412. The maximum Gasteiger partial charge on any atom is 0.233 e. The Morgan fingerprint density at radius 3 is 1.96 bits per heavy atom. The molecule has 0 spiro atoms. The van der Waals surface area contributed by atoms with E-state index in [9.17, 15) is 19.2 Å². The van der Waals surface area contributed by atoms with Crippen molar-refractivity contribution >= 4 is 29.2 Å². The number of nitrogens with zero attached hydrogens (tertiary/aromatic N) is 2. The highest BCUT2D eigenvalue weighted by atomic mass is 16.2. The van der Waals surface area contributed by atoms with Gasteiger partial charge in [0.1, 0.15) is 6.42 Å². The average Bonchev–Trinajstić information content (AvgIpc) is 2.55. The van der Waals surface area contributed by atoms with Gasteiger partial charge in [0.05, 0.1) is 0 Å². The zero-order valence-corrected chi connectivity index (χ0v) is 13.9. The molecule has 0 atom stereocenters. The van der Waals surface area contributed by atoms with Crippen molar-refractivity contribution in [2.75, 3.05) is 31.5 Å². The largest absolute Gasteiger partial charge is 0.339 e. The number of ketones is 1. The van der Waals surface area contributed by atoms with E-state index in [1.54, 1.807) is 34.1 Å². The SMILES string of the molecule is CC(=O)c1ccc(NC(=O)CC(=O)N2CCN(C(C)=O)CC2)cc1. The van der Waals surface area contributed by atoms with Crippen molar-refractivity contribution in [1.82, 2.24) is 9.80 Å². The number of Topliss-reactive ketones (excluding diaryl/α,β-unsaturated/α-hetero) is 1. The van der Waals surface area contributed by atoms with E-state index in [4.69, 9.17) is 0 Å². The second-order valence-corrected chi connectivity index (χ2v) is 5.75. The van der Waals surface area contributed by atoms with Crippen LogP contribution in [-0.4, -0.2) is 59.5 Å². The van der Waals surface area contributed by atoms with E-state index >= 15 is 0 Å². The molecule has 0 aromatic heterocycles. The molecule has 1 saturated heterocycles. The molecule has 24 heavy (non-hydrogen) atoms. The molecule has 1 N–H and O–H groups in total. The third kappa shape index (κ3) is 4.65. The molecule has 1 aliphatic rings. The van der Waals surface area contributed by atoms with Crippen LogP contribution < -0.4 is 5.32 Å². The number of benzene rings is 1. The second-order valence-electron chi connectivity index (χ2n) is 5.75. The summed E-state index contributed by atoms with van der Waals surface area (Å²) in [5.41, 5.74) is 1.10. The molecule has 2 rings (SSSR count). The first-order valence-electron chi connectivity index (χ1n) is 7.81. The normalized spacial score (nSPS) is 14.2. The van der Waals surface area contributed by atoms with Gasteiger partial charge in [-0.25, -0.2) is 0 Å². The van der Waals surface area contributed by atoms with E-state index in [1.807, 2.05) is 0 Å². The lowest BCUT2D eigenvalue weighted by atomic mass is 10.1. The summed E-state index contributed by atoms with van der Waals surface area (Å²) in [5, 5.41) is 2.64. The van der Waals surface area contributed by atoms with Crippen molar-refractivity contribution in [2.24, 2.45) is 0 Å². The van der Waals surface area contributed by atoms with E-state index in [0.717, 1.165) is 0 Å². The Morgan fingerprint density at radius 2 is 1.46 bits per heavy atom. The number of nitrogens with one attached hydrogen (secondary N) is 1.